The highest BCUT2D eigenvalue weighted by atomic mass is 16.6. The van der Waals surface area contributed by atoms with Gasteiger partial charge in [0.05, 0.1) is 6.61 Å². The molecule has 0 heterocycles. The summed E-state index contributed by atoms with van der Waals surface area (Å²) < 4.78 is 10.0. The highest BCUT2D eigenvalue weighted by Gasteiger charge is 1.95. The predicted octanol–water partition coefficient (Wildman–Crippen LogP) is 3.48. The molecule has 0 bridgehead atoms. The first-order valence-electron chi connectivity index (χ1n) is 6.72. The van der Waals surface area contributed by atoms with E-state index in [0.717, 1.165) is 12.8 Å². The van der Waals surface area contributed by atoms with Crippen molar-refractivity contribution in [3.63, 3.8) is 0 Å². The van der Waals surface area contributed by atoms with E-state index in [0.29, 0.717) is 19.8 Å². The van der Waals surface area contributed by atoms with Crippen LogP contribution in [0, 0.1) is 0 Å². The average Bonchev–Trinajstić information content (AvgIpc) is 2.33. The summed E-state index contributed by atoms with van der Waals surface area (Å²) in [5, 5.41) is 0. The van der Waals surface area contributed by atoms with E-state index in [2.05, 4.69) is 6.92 Å². The third-order valence-electron chi connectivity index (χ3n) is 2.40. The lowest BCUT2D eigenvalue weighted by Crippen LogP contribution is -2.08. The summed E-state index contributed by atoms with van der Waals surface area (Å²) in [5.41, 5.74) is 0. The summed E-state index contributed by atoms with van der Waals surface area (Å²) in [5.74, 6) is -0.265. The first-order valence-corrected chi connectivity index (χ1v) is 6.72. The summed E-state index contributed by atoms with van der Waals surface area (Å²) in [6.45, 7) is 5.60. The van der Waals surface area contributed by atoms with E-state index in [1.54, 1.807) is 0 Å². The summed E-state index contributed by atoms with van der Waals surface area (Å²) in [6, 6.07) is 0. The van der Waals surface area contributed by atoms with Gasteiger partial charge in [-0.15, -0.1) is 0 Å². The van der Waals surface area contributed by atoms with Crippen molar-refractivity contribution in [1.29, 1.82) is 0 Å². The van der Waals surface area contributed by atoms with Crippen LogP contribution in [0.3, 0.4) is 0 Å². The molecule has 0 unspecified atom stereocenters. The third-order valence-corrected chi connectivity index (χ3v) is 2.40. The molecule has 0 fully saturated rings. The molecule has 0 saturated heterocycles. The monoisotopic (exact) mass is 242 g/mol. The van der Waals surface area contributed by atoms with Crippen LogP contribution in [0.4, 0.5) is 0 Å². The van der Waals surface area contributed by atoms with Crippen LogP contribution >= 0.6 is 0 Å². The molecule has 3 heteroatoms. The fraction of sp³-hybridized carbons (Fsp3) is 0.786. The Morgan fingerprint density at radius 1 is 1.06 bits per heavy atom. The molecule has 0 saturated carbocycles. The molecule has 0 radical (unpaired) electrons. The van der Waals surface area contributed by atoms with Crippen molar-refractivity contribution in [2.24, 2.45) is 0 Å². The van der Waals surface area contributed by atoms with E-state index in [4.69, 9.17) is 9.47 Å². The number of hydrogen-bond donors (Lipinski definition) is 0. The Hall–Kier alpha value is -0.830. The van der Waals surface area contributed by atoms with E-state index in [1.165, 1.54) is 31.8 Å². The molecule has 0 aromatic carbocycles. The molecule has 0 atom stereocenters. The van der Waals surface area contributed by atoms with Crippen LogP contribution in [-0.2, 0) is 14.3 Å². The van der Waals surface area contributed by atoms with E-state index < -0.39 is 0 Å². The Labute approximate surface area is 105 Å². The minimum atomic E-state index is -0.265. The average molecular weight is 242 g/mol. The van der Waals surface area contributed by atoms with Crippen LogP contribution in [0.2, 0.25) is 0 Å². The zero-order valence-corrected chi connectivity index (χ0v) is 11.2. The maximum absolute atomic E-state index is 11.2. The van der Waals surface area contributed by atoms with Crippen molar-refractivity contribution in [3.8, 4) is 0 Å². The first-order chi connectivity index (χ1) is 8.31. The van der Waals surface area contributed by atoms with Crippen LogP contribution in [0.5, 0.6) is 0 Å². The molecule has 17 heavy (non-hydrogen) atoms. The zero-order valence-electron chi connectivity index (χ0n) is 11.2. The Morgan fingerprint density at radius 2 is 1.82 bits per heavy atom. The Kier molecular flexibility index (Phi) is 12.6. The number of rotatable bonds is 11. The van der Waals surface area contributed by atoms with Crippen molar-refractivity contribution >= 4 is 5.97 Å². The fourth-order valence-corrected chi connectivity index (χ4v) is 1.44. The van der Waals surface area contributed by atoms with Crippen molar-refractivity contribution in [2.75, 3.05) is 19.8 Å². The summed E-state index contributed by atoms with van der Waals surface area (Å²) >= 11 is 0. The number of ether oxygens (including phenoxy) is 2. The number of hydrogen-bond acceptors (Lipinski definition) is 3. The van der Waals surface area contributed by atoms with Gasteiger partial charge in [0.25, 0.3) is 0 Å². The highest BCUT2D eigenvalue weighted by molar-refractivity contribution is 5.81. The SMILES string of the molecule is CCCCCCC/C=C/C(=O)OCCOCC. The maximum Gasteiger partial charge on any atom is 0.330 e. The van der Waals surface area contributed by atoms with E-state index >= 15 is 0 Å². The van der Waals surface area contributed by atoms with Gasteiger partial charge in [-0.3, -0.25) is 0 Å². The second kappa shape index (κ2) is 13.2. The second-order valence-corrected chi connectivity index (χ2v) is 3.97. The molecule has 0 amide bonds. The third kappa shape index (κ3) is 13.1. The molecule has 3 nitrogen and oxygen atoms in total. The van der Waals surface area contributed by atoms with Gasteiger partial charge in [0.2, 0.25) is 0 Å². The van der Waals surface area contributed by atoms with Crippen LogP contribution in [0.25, 0.3) is 0 Å². The van der Waals surface area contributed by atoms with Crippen LogP contribution < -0.4 is 0 Å². The minimum absolute atomic E-state index is 0.265. The molecule has 0 spiro atoms. The van der Waals surface area contributed by atoms with Crippen LogP contribution in [-0.4, -0.2) is 25.8 Å². The van der Waals surface area contributed by atoms with Gasteiger partial charge in [-0.1, -0.05) is 38.7 Å². The molecule has 0 N–H and O–H groups in total. The van der Waals surface area contributed by atoms with Gasteiger partial charge < -0.3 is 9.47 Å². The number of carbonyl (C=O) groups is 1. The van der Waals surface area contributed by atoms with Gasteiger partial charge >= 0.3 is 5.97 Å². The fourth-order valence-electron chi connectivity index (χ4n) is 1.44. The summed E-state index contributed by atoms with van der Waals surface area (Å²) in [4.78, 5) is 11.2. The largest absolute Gasteiger partial charge is 0.460 e. The molecule has 0 aromatic heterocycles. The lowest BCUT2D eigenvalue weighted by Gasteiger charge is -2.01. The molecule has 100 valence electrons. The van der Waals surface area contributed by atoms with Crippen LogP contribution in [0.1, 0.15) is 52.4 Å². The van der Waals surface area contributed by atoms with E-state index in [1.807, 2.05) is 13.0 Å². The van der Waals surface area contributed by atoms with E-state index in [-0.39, 0.29) is 5.97 Å². The lowest BCUT2D eigenvalue weighted by atomic mass is 10.1. The molecular formula is C14H26O3. The Bertz CT molecular complexity index is 200. The normalized spacial score (nSPS) is 10.9. The smallest absolute Gasteiger partial charge is 0.330 e. The van der Waals surface area contributed by atoms with E-state index in [9.17, 15) is 4.79 Å². The lowest BCUT2D eigenvalue weighted by molar-refractivity contribution is -0.139. The van der Waals surface area contributed by atoms with Crippen molar-refractivity contribution in [1.82, 2.24) is 0 Å². The maximum atomic E-state index is 11.2. The standard InChI is InChI=1S/C14H26O3/c1-3-5-6-7-8-9-10-11-14(15)17-13-12-16-4-2/h10-11H,3-9,12-13H2,1-2H3/b11-10+. The zero-order chi connectivity index (χ0) is 12.8. The summed E-state index contributed by atoms with van der Waals surface area (Å²) in [7, 11) is 0. The van der Waals surface area contributed by atoms with Gasteiger partial charge in [0.15, 0.2) is 0 Å². The molecule has 0 rings (SSSR count). The van der Waals surface area contributed by atoms with Gasteiger partial charge in [0.1, 0.15) is 6.61 Å². The predicted molar refractivity (Wildman–Crippen MR) is 70.0 cm³/mol. The van der Waals surface area contributed by atoms with Gasteiger partial charge in [-0.05, 0) is 19.8 Å². The molecule has 0 aromatic rings. The van der Waals surface area contributed by atoms with Crippen molar-refractivity contribution in [3.05, 3.63) is 12.2 Å². The molecule has 0 aliphatic rings. The molecule has 0 aliphatic heterocycles. The Morgan fingerprint density at radius 3 is 2.53 bits per heavy atom. The Balaban J connectivity index is 3.28. The number of allylic oxidation sites excluding steroid dienone is 1. The van der Waals surface area contributed by atoms with Gasteiger partial charge in [-0.2, -0.15) is 0 Å². The van der Waals surface area contributed by atoms with Crippen molar-refractivity contribution in [2.45, 2.75) is 52.4 Å². The minimum Gasteiger partial charge on any atom is -0.460 e. The highest BCUT2D eigenvalue weighted by Crippen LogP contribution is 2.05. The van der Waals surface area contributed by atoms with Crippen molar-refractivity contribution < 1.29 is 14.3 Å². The van der Waals surface area contributed by atoms with Gasteiger partial charge in [0, 0.05) is 12.7 Å². The van der Waals surface area contributed by atoms with Crippen LogP contribution in [0.15, 0.2) is 12.2 Å². The first kappa shape index (κ1) is 16.2. The number of unbranched alkanes of at least 4 members (excludes halogenated alkanes) is 5. The summed E-state index contributed by atoms with van der Waals surface area (Å²) in [6.07, 6.45) is 10.7. The molecular weight excluding hydrogens is 216 g/mol. The topological polar surface area (TPSA) is 35.5 Å². The second-order valence-electron chi connectivity index (χ2n) is 3.97. The molecule has 0 aliphatic carbocycles. The van der Waals surface area contributed by atoms with Gasteiger partial charge in [-0.25, -0.2) is 4.79 Å². The number of esters is 1. The number of carbonyl (C=O) groups excluding carboxylic acids is 1. The quantitative estimate of drug-likeness (QED) is 0.316.